The van der Waals surface area contributed by atoms with Crippen LogP contribution in [0.1, 0.15) is 21.9 Å². The number of hydrogen-bond acceptors (Lipinski definition) is 4. The minimum atomic E-state index is -0.393. The van der Waals surface area contributed by atoms with Crippen molar-refractivity contribution < 1.29 is 4.79 Å². The van der Waals surface area contributed by atoms with Crippen LogP contribution in [0, 0.1) is 6.92 Å². The highest BCUT2D eigenvalue weighted by molar-refractivity contribution is 5.93. The number of aryl methyl sites for hydroxylation is 1. The zero-order valence-corrected chi connectivity index (χ0v) is 9.86. The minimum absolute atomic E-state index is 0.109. The number of amides is 1. The van der Waals surface area contributed by atoms with Gasteiger partial charge in [0.1, 0.15) is 17.7 Å². The van der Waals surface area contributed by atoms with Gasteiger partial charge in [-0.25, -0.2) is 4.98 Å². The Morgan fingerprint density at radius 2 is 2.33 bits per heavy atom. The zero-order valence-electron chi connectivity index (χ0n) is 9.86. The van der Waals surface area contributed by atoms with Crippen LogP contribution in [0.4, 0.5) is 0 Å². The first-order valence-electron chi connectivity index (χ1n) is 5.48. The van der Waals surface area contributed by atoms with Crippen LogP contribution < -0.4 is 10.7 Å². The van der Waals surface area contributed by atoms with Gasteiger partial charge in [-0.3, -0.25) is 14.7 Å². The van der Waals surface area contributed by atoms with Crippen LogP contribution in [0.2, 0.25) is 0 Å². The number of nitrogens with zero attached hydrogens (tertiary/aromatic N) is 2. The number of rotatable bonds is 4. The van der Waals surface area contributed by atoms with E-state index in [0.29, 0.717) is 18.8 Å². The zero-order chi connectivity index (χ0) is 13.0. The number of carbonyl (C=O) groups is 1. The highest BCUT2D eigenvalue weighted by Gasteiger charge is 2.09. The van der Waals surface area contributed by atoms with E-state index in [9.17, 15) is 9.59 Å². The summed E-state index contributed by atoms with van der Waals surface area (Å²) in [6.45, 7) is 2.15. The summed E-state index contributed by atoms with van der Waals surface area (Å²) in [5.41, 5.74) is 0.541. The van der Waals surface area contributed by atoms with Crippen molar-refractivity contribution >= 4 is 5.91 Å². The number of carbonyl (C=O) groups excluding carboxylic acids is 1. The molecule has 7 heteroatoms. The minimum Gasteiger partial charge on any atom is -0.364 e. The van der Waals surface area contributed by atoms with E-state index >= 15 is 0 Å². The summed E-state index contributed by atoms with van der Waals surface area (Å²) in [5.74, 6) is 0.295. The van der Waals surface area contributed by atoms with E-state index in [1.807, 2.05) is 0 Å². The molecular formula is C11H13N5O2. The second kappa shape index (κ2) is 5.26. The fourth-order valence-electron chi connectivity index (χ4n) is 1.49. The molecule has 0 atom stereocenters. The van der Waals surface area contributed by atoms with Crippen molar-refractivity contribution in [2.45, 2.75) is 13.3 Å². The molecule has 2 aromatic heterocycles. The summed E-state index contributed by atoms with van der Waals surface area (Å²) in [6, 6.07) is 1.39. The predicted octanol–water partition coefficient (Wildman–Crippen LogP) is -0.226. The first-order valence-corrected chi connectivity index (χ1v) is 5.48. The molecule has 0 aliphatic carbocycles. The van der Waals surface area contributed by atoms with Gasteiger partial charge in [0.05, 0.1) is 0 Å². The molecule has 0 aromatic carbocycles. The number of aromatic nitrogens is 4. The van der Waals surface area contributed by atoms with Crippen LogP contribution in [0.25, 0.3) is 0 Å². The standard InChI is InChI=1S/C11H13N5O2/c1-7-4-9(17)8(5-13-7)11(18)12-3-2-10-14-6-15-16-10/h4-6H,2-3H2,1H3,(H,12,18)(H,13,17)(H,14,15,16). The van der Waals surface area contributed by atoms with Crippen LogP contribution in [0.15, 0.2) is 23.4 Å². The third kappa shape index (κ3) is 2.82. The lowest BCUT2D eigenvalue weighted by atomic mass is 10.2. The molecule has 0 saturated heterocycles. The molecular weight excluding hydrogens is 234 g/mol. The average Bonchev–Trinajstić information content (AvgIpc) is 2.81. The normalized spacial score (nSPS) is 10.3. The van der Waals surface area contributed by atoms with Crippen molar-refractivity contribution in [1.82, 2.24) is 25.5 Å². The molecule has 0 radical (unpaired) electrons. The van der Waals surface area contributed by atoms with E-state index in [2.05, 4.69) is 25.5 Å². The maximum atomic E-state index is 11.7. The molecule has 3 N–H and O–H groups in total. The summed E-state index contributed by atoms with van der Waals surface area (Å²) < 4.78 is 0. The van der Waals surface area contributed by atoms with Crippen LogP contribution in [-0.2, 0) is 6.42 Å². The van der Waals surface area contributed by atoms with Crippen molar-refractivity contribution in [2.24, 2.45) is 0 Å². The molecule has 2 rings (SSSR count). The first kappa shape index (κ1) is 12.0. The van der Waals surface area contributed by atoms with Gasteiger partial charge >= 0.3 is 0 Å². The second-order valence-electron chi connectivity index (χ2n) is 3.83. The fraction of sp³-hybridized carbons (Fsp3) is 0.273. The van der Waals surface area contributed by atoms with Gasteiger partial charge in [0.2, 0.25) is 0 Å². The lowest BCUT2D eigenvalue weighted by Crippen LogP contribution is -2.30. The smallest absolute Gasteiger partial charge is 0.256 e. The lowest BCUT2D eigenvalue weighted by Gasteiger charge is -2.03. The molecule has 2 heterocycles. The van der Waals surface area contributed by atoms with Gasteiger partial charge in [-0.05, 0) is 6.92 Å². The SMILES string of the molecule is Cc1cc(=O)c(C(=O)NCCc2ncn[nH]2)c[nH]1. The van der Waals surface area contributed by atoms with Crippen LogP contribution >= 0.6 is 0 Å². The van der Waals surface area contributed by atoms with Gasteiger partial charge in [-0.2, -0.15) is 5.10 Å². The van der Waals surface area contributed by atoms with E-state index in [1.165, 1.54) is 18.6 Å². The molecule has 0 spiro atoms. The quantitative estimate of drug-likeness (QED) is 0.694. The predicted molar refractivity (Wildman–Crippen MR) is 64.2 cm³/mol. The number of nitrogens with one attached hydrogen (secondary N) is 3. The second-order valence-corrected chi connectivity index (χ2v) is 3.83. The molecule has 0 fully saturated rings. The van der Waals surface area contributed by atoms with Crippen molar-refractivity contribution in [3.8, 4) is 0 Å². The highest BCUT2D eigenvalue weighted by Crippen LogP contribution is 1.93. The molecule has 18 heavy (non-hydrogen) atoms. The maximum Gasteiger partial charge on any atom is 0.256 e. The Balaban J connectivity index is 1.93. The Hall–Kier alpha value is -2.44. The molecule has 94 valence electrons. The molecule has 7 nitrogen and oxygen atoms in total. The molecule has 2 aromatic rings. The number of aromatic amines is 2. The monoisotopic (exact) mass is 247 g/mol. The summed E-state index contributed by atoms with van der Waals surface area (Å²) in [4.78, 5) is 30.1. The summed E-state index contributed by atoms with van der Waals surface area (Å²) in [6.07, 6.45) is 3.36. The largest absolute Gasteiger partial charge is 0.364 e. The number of hydrogen-bond donors (Lipinski definition) is 3. The van der Waals surface area contributed by atoms with Gasteiger partial charge in [-0.15, -0.1) is 0 Å². The molecule has 0 aliphatic rings. The van der Waals surface area contributed by atoms with Crippen molar-refractivity contribution in [1.29, 1.82) is 0 Å². The highest BCUT2D eigenvalue weighted by atomic mass is 16.2. The van der Waals surface area contributed by atoms with Crippen molar-refractivity contribution in [2.75, 3.05) is 6.54 Å². The average molecular weight is 247 g/mol. The Labute approximate surface area is 103 Å². The summed E-state index contributed by atoms with van der Waals surface area (Å²) in [5, 5.41) is 9.04. The molecule has 0 bridgehead atoms. The van der Waals surface area contributed by atoms with Gasteiger partial charge in [0.15, 0.2) is 5.43 Å². The lowest BCUT2D eigenvalue weighted by molar-refractivity contribution is 0.0952. The Bertz CT molecular complexity index is 588. The van der Waals surface area contributed by atoms with Crippen LogP contribution in [0.3, 0.4) is 0 Å². The maximum absolute atomic E-state index is 11.7. The molecule has 1 amide bonds. The van der Waals surface area contributed by atoms with Crippen molar-refractivity contribution in [3.63, 3.8) is 0 Å². The fourth-order valence-corrected chi connectivity index (χ4v) is 1.49. The Kier molecular flexibility index (Phi) is 3.52. The van der Waals surface area contributed by atoms with Gasteiger partial charge in [-0.1, -0.05) is 0 Å². The van der Waals surface area contributed by atoms with Crippen LogP contribution in [-0.4, -0.2) is 32.6 Å². The number of H-pyrrole nitrogens is 2. The Morgan fingerprint density at radius 3 is 3.00 bits per heavy atom. The number of pyridine rings is 1. The van der Waals surface area contributed by atoms with E-state index in [4.69, 9.17) is 0 Å². The summed E-state index contributed by atoms with van der Waals surface area (Å²) in [7, 11) is 0. The third-order valence-electron chi connectivity index (χ3n) is 2.41. The Morgan fingerprint density at radius 1 is 1.50 bits per heavy atom. The van der Waals surface area contributed by atoms with Gasteiger partial charge in [0, 0.05) is 30.9 Å². The van der Waals surface area contributed by atoms with Crippen LogP contribution in [0.5, 0.6) is 0 Å². The molecule has 0 unspecified atom stereocenters. The summed E-state index contributed by atoms with van der Waals surface area (Å²) >= 11 is 0. The van der Waals surface area contributed by atoms with E-state index in [1.54, 1.807) is 6.92 Å². The topological polar surface area (TPSA) is 104 Å². The third-order valence-corrected chi connectivity index (χ3v) is 2.41. The van der Waals surface area contributed by atoms with Crippen molar-refractivity contribution in [3.05, 3.63) is 45.9 Å². The molecule has 0 saturated carbocycles. The van der Waals surface area contributed by atoms with E-state index < -0.39 is 5.91 Å². The van der Waals surface area contributed by atoms with E-state index in [-0.39, 0.29) is 11.0 Å². The molecule has 0 aliphatic heterocycles. The first-order chi connectivity index (χ1) is 8.66. The van der Waals surface area contributed by atoms with Gasteiger partial charge in [0.25, 0.3) is 5.91 Å². The van der Waals surface area contributed by atoms with E-state index in [0.717, 1.165) is 5.69 Å². The van der Waals surface area contributed by atoms with Gasteiger partial charge < -0.3 is 10.3 Å².